The fourth-order valence-corrected chi connectivity index (χ4v) is 2.17. The lowest BCUT2D eigenvalue weighted by molar-refractivity contribution is -0.116. The van der Waals surface area contributed by atoms with Crippen LogP contribution in [0.25, 0.3) is 0 Å². The number of hydrogen-bond donors (Lipinski definition) is 2. The van der Waals surface area contributed by atoms with E-state index in [1.165, 1.54) is 0 Å². The zero-order valence-electron chi connectivity index (χ0n) is 11.1. The van der Waals surface area contributed by atoms with Crippen molar-refractivity contribution in [1.29, 1.82) is 0 Å². The summed E-state index contributed by atoms with van der Waals surface area (Å²) in [5.41, 5.74) is 1.98. The third-order valence-electron chi connectivity index (χ3n) is 3.20. The molecule has 0 saturated carbocycles. The first kappa shape index (κ1) is 12.5. The minimum absolute atomic E-state index is 0.0685. The molecular formula is C15H15N3O2. The maximum Gasteiger partial charge on any atom is 0.224 e. The number of hydrogen-bond acceptors (Lipinski definition) is 4. The molecule has 20 heavy (non-hydrogen) atoms. The molecule has 0 saturated heterocycles. The monoisotopic (exact) mass is 269 g/mol. The van der Waals surface area contributed by atoms with Crippen LogP contribution in [0.1, 0.15) is 12.0 Å². The molecule has 0 spiro atoms. The molecule has 2 aromatic rings. The number of aromatic nitrogens is 1. The molecule has 5 heteroatoms. The van der Waals surface area contributed by atoms with Crippen molar-refractivity contribution in [2.45, 2.75) is 12.8 Å². The van der Waals surface area contributed by atoms with Gasteiger partial charge in [-0.15, -0.1) is 0 Å². The van der Waals surface area contributed by atoms with Crippen LogP contribution in [0.4, 0.5) is 11.5 Å². The predicted molar refractivity (Wildman–Crippen MR) is 77.3 cm³/mol. The minimum atomic E-state index is 0.0685. The summed E-state index contributed by atoms with van der Waals surface area (Å²) < 4.78 is 5.82. The number of benzene rings is 1. The van der Waals surface area contributed by atoms with Gasteiger partial charge in [-0.2, -0.15) is 0 Å². The zero-order valence-corrected chi connectivity index (χ0v) is 11.1. The van der Waals surface area contributed by atoms with E-state index in [9.17, 15) is 4.79 Å². The van der Waals surface area contributed by atoms with Gasteiger partial charge < -0.3 is 15.4 Å². The van der Waals surface area contributed by atoms with Gasteiger partial charge in [-0.3, -0.25) is 4.79 Å². The topological polar surface area (TPSA) is 63.2 Å². The molecule has 0 fully saturated rings. The molecule has 1 aromatic heterocycles. The first-order chi connectivity index (χ1) is 9.74. The van der Waals surface area contributed by atoms with E-state index in [-0.39, 0.29) is 5.91 Å². The Labute approximate surface area is 117 Å². The predicted octanol–water partition coefficient (Wildman–Crippen LogP) is 2.80. The second-order valence-electron chi connectivity index (χ2n) is 4.60. The molecule has 1 aliphatic rings. The highest BCUT2D eigenvalue weighted by atomic mass is 16.5. The van der Waals surface area contributed by atoms with Crippen molar-refractivity contribution in [3.8, 4) is 11.5 Å². The van der Waals surface area contributed by atoms with E-state index in [0.717, 1.165) is 35.0 Å². The summed E-state index contributed by atoms with van der Waals surface area (Å²) in [5.74, 6) is 2.31. The Morgan fingerprint density at radius 3 is 2.90 bits per heavy atom. The van der Waals surface area contributed by atoms with E-state index >= 15 is 0 Å². The molecule has 2 N–H and O–H groups in total. The minimum Gasteiger partial charge on any atom is -0.457 e. The van der Waals surface area contributed by atoms with Crippen molar-refractivity contribution in [3.63, 3.8) is 0 Å². The number of amides is 1. The fourth-order valence-electron chi connectivity index (χ4n) is 2.17. The van der Waals surface area contributed by atoms with E-state index in [1.807, 2.05) is 37.4 Å². The van der Waals surface area contributed by atoms with Gasteiger partial charge in [0.05, 0.1) is 0 Å². The van der Waals surface area contributed by atoms with Crippen LogP contribution in [-0.2, 0) is 11.2 Å². The average molecular weight is 269 g/mol. The van der Waals surface area contributed by atoms with Gasteiger partial charge in [0.2, 0.25) is 5.91 Å². The lowest BCUT2D eigenvalue weighted by atomic mass is 10.0. The molecule has 0 radical (unpaired) electrons. The van der Waals surface area contributed by atoms with Crippen LogP contribution in [0.5, 0.6) is 11.5 Å². The molecule has 0 unspecified atom stereocenters. The normalized spacial score (nSPS) is 13.3. The molecule has 0 bridgehead atoms. The summed E-state index contributed by atoms with van der Waals surface area (Å²) in [6.07, 6.45) is 2.96. The number of nitrogens with one attached hydrogen (secondary N) is 2. The number of anilines is 2. The lowest BCUT2D eigenvalue weighted by Gasteiger charge is -2.17. The van der Waals surface area contributed by atoms with E-state index in [0.29, 0.717) is 6.42 Å². The van der Waals surface area contributed by atoms with Crippen molar-refractivity contribution < 1.29 is 9.53 Å². The number of carbonyl (C=O) groups excluding carboxylic acids is 1. The Balaban J connectivity index is 1.82. The quantitative estimate of drug-likeness (QED) is 0.899. The number of rotatable bonds is 3. The number of carbonyl (C=O) groups is 1. The highest BCUT2D eigenvalue weighted by Crippen LogP contribution is 2.29. The smallest absolute Gasteiger partial charge is 0.224 e. The van der Waals surface area contributed by atoms with Crippen molar-refractivity contribution >= 4 is 17.4 Å². The van der Waals surface area contributed by atoms with Crippen molar-refractivity contribution in [2.24, 2.45) is 0 Å². The maximum atomic E-state index is 11.3. The summed E-state index contributed by atoms with van der Waals surface area (Å²) in [4.78, 5) is 15.5. The van der Waals surface area contributed by atoms with Gasteiger partial charge in [-0.25, -0.2) is 4.98 Å². The second kappa shape index (κ2) is 5.21. The number of pyridine rings is 1. The molecule has 102 valence electrons. The number of aryl methyl sites for hydroxylation is 1. The largest absolute Gasteiger partial charge is 0.457 e. The number of fused-ring (bicyclic) bond motifs is 1. The van der Waals surface area contributed by atoms with Gasteiger partial charge in [-0.05, 0) is 36.2 Å². The first-order valence-corrected chi connectivity index (χ1v) is 6.49. The summed E-state index contributed by atoms with van der Waals surface area (Å²) >= 11 is 0. The van der Waals surface area contributed by atoms with Crippen LogP contribution in [0.15, 0.2) is 36.5 Å². The number of ether oxygens (including phenoxy) is 1. The van der Waals surface area contributed by atoms with E-state index in [2.05, 4.69) is 15.6 Å². The molecule has 2 heterocycles. The molecule has 1 amide bonds. The van der Waals surface area contributed by atoms with Crippen LogP contribution in [0.2, 0.25) is 0 Å². The Morgan fingerprint density at radius 2 is 2.05 bits per heavy atom. The molecular weight excluding hydrogens is 254 g/mol. The molecule has 0 aliphatic carbocycles. The van der Waals surface area contributed by atoms with Gasteiger partial charge >= 0.3 is 0 Å². The molecule has 5 nitrogen and oxygen atoms in total. The fraction of sp³-hybridized carbons (Fsp3) is 0.200. The molecule has 3 rings (SSSR count). The Bertz CT molecular complexity index is 655. The van der Waals surface area contributed by atoms with Crippen molar-refractivity contribution in [1.82, 2.24) is 4.98 Å². The lowest BCUT2D eigenvalue weighted by Crippen LogP contribution is -2.18. The second-order valence-corrected chi connectivity index (χ2v) is 4.60. The highest BCUT2D eigenvalue weighted by Gasteiger charge is 2.15. The third-order valence-corrected chi connectivity index (χ3v) is 3.20. The number of nitrogens with zero attached hydrogens (tertiary/aromatic N) is 1. The van der Waals surface area contributed by atoms with Crippen LogP contribution in [0, 0.1) is 0 Å². The van der Waals surface area contributed by atoms with Crippen molar-refractivity contribution in [3.05, 3.63) is 42.1 Å². The van der Waals surface area contributed by atoms with E-state index < -0.39 is 0 Å². The van der Waals surface area contributed by atoms with Gasteiger partial charge in [-0.1, -0.05) is 0 Å². The van der Waals surface area contributed by atoms with Gasteiger partial charge in [0.15, 0.2) is 0 Å². The van der Waals surface area contributed by atoms with Crippen LogP contribution in [0.3, 0.4) is 0 Å². The summed E-state index contributed by atoms with van der Waals surface area (Å²) in [6, 6.07) is 9.34. The van der Waals surface area contributed by atoms with Crippen molar-refractivity contribution in [2.75, 3.05) is 17.7 Å². The van der Waals surface area contributed by atoms with E-state index in [1.54, 1.807) is 6.20 Å². The summed E-state index contributed by atoms with van der Waals surface area (Å²) in [5, 5.41) is 5.82. The Morgan fingerprint density at radius 1 is 1.20 bits per heavy atom. The Kier molecular flexibility index (Phi) is 3.25. The molecule has 1 aromatic carbocycles. The molecule has 0 atom stereocenters. The standard InChI is InChI=1S/C15H15N3O2/c1-16-14-9-12(6-7-17-14)20-11-3-4-13-10(8-11)2-5-15(19)18-13/h3-4,6-9H,2,5H2,1H3,(H,16,17)(H,18,19). The summed E-state index contributed by atoms with van der Waals surface area (Å²) in [6.45, 7) is 0. The third kappa shape index (κ3) is 2.56. The SMILES string of the molecule is CNc1cc(Oc2ccc3c(c2)CCC(=O)N3)ccn1. The summed E-state index contributed by atoms with van der Waals surface area (Å²) in [7, 11) is 1.81. The Hall–Kier alpha value is -2.56. The van der Waals surface area contributed by atoms with E-state index in [4.69, 9.17) is 4.74 Å². The average Bonchev–Trinajstić information content (AvgIpc) is 2.47. The zero-order chi connectivity index (χ0) is 13.9. The van der Waals surface area contributed by atoms with Crippen LogP contribution in [-0.4, -0.2) is 17.9 Å². The molecule has 1 aliphatic heterocycles. The van der Waals surface area contributed by atoms with Gasteiger partial charge in [0.25, 0.3) is 0 Å². The van der Waals surface area contributed by atoms with Gasteiger partial charge in [0, 0.05) is 31.4 Å². The highest BCUT2D eigenvalue weighted by molar-refractivity contribution is 5.94. The maximum absolute atomic E-state index is 11.3. The first-order valence-electron chi connectivity index (χ1n) is 6.49. The van der Waals surface area contributed by atoms with Crippen LogP contribution >= 0.6 is 0 Å². The van der Waals surface area contributed by atoms with Crippen LogP contribution < -0.4 is 15.4 Å². The van der Waals surface area contributed by atoms with Gasteiger partial charge in [0.1, 0.15) is 17.3 Å².